The van der Waals surface area contributed by atoms with Crippen molar-refractivity contribution in [3.05, 3.63) is 119 Å². The molecule has 262 valence electrons. The molecule has 0 unspecified atom stereocenters. The summed E-state index contributed by atoms with van der Waals surface area (Å²) in [5.74, 6) is -1.15. The van der Waals surface area contributed by atoms with E-state index < -0.39 is 11.8 Å². The van der Waals surface area contributed by atoms with Gasteiger partial charge in [0.1, 0.15) is 12.2 Å². The summed E-state index contributed by atoms with van der Waals surface area (Å²) < 4.78 is 13.9. The van der Waals surface area contributed by atoms with Crippen molar-refractivity contribution in [1.82, 2.24) is 30.7 Å². The Labute approximate surface area is 293 Å². The van der Waals surface area contributed by atoms with Gasteiger partial charge in [0.15, 0.2) is 5.69 Å². The largest absolute Gasteiger partial charge is 0.371 e. The van der Waals surface area contributed by atoms with Gasteiger partial charge in [0.2, 0.25) is 5.91 Å². The maximum Gasteiger partial charge on any atom is 0.272 e. The molecule has 2 saturated carbocycles. The zero-order valence-corrected chi connectivity index (χ0v) is 28.3. The molecule has 4 aromatic rings. The predicted octanol–water partition coefficient (Wildman–Crippen LogP) is 5.11. The Kier molecular flexibility index (Phi) is 12.4. The van der Waals surface area contributed by atoms with Crippen molar-refractivity contribution in [2.75, 3.05) is 0 Å². The lowest BCUT2D eigenvalue weighted by molar-refractivity contribution is -0.124. The molecule has 0 saturated heterocycles. The fourth-order valence-corrected chi connectivity index (χ4v) is 6.71. The number of carbonyl (C=O) groups is 3. The van der Waals surface area contributed by atoms with Crippen LogP contribution in [-0.2, 0) is 40.6 Å². The van der Waals surface area contributed by atoms with E-state index in [2.05, 4.69) is 26.0 Å². The fourth-order valence-electron chi connectivity index (χ4n) is 6.71. The highest BCUT2D eigenvalue weighted by Crippen LogP contribution is 2.24. The van der Waals surface area contributed by atoms with Crippen molar-refractivity contribution in [1.29, 1.82) is 0 Å². The molecule has 2 aromatic carbocycles. The zero-order valence-electron chi connectivity index (χ0n) is 28.3. The van der Waals surface area contributed by atoms with Crippen molar-refractivity contribution >= 4 is 17.7 Å². The van der Waals surface area contributed by atoms with Gasteiger partial charge in [-0.2, -0.15) is 5.10 Å². The average molecular weight is 679 g/mol. The smallest absolute Gasteiger partial charge is 0.272 e. The molecule has 0 radical (unpaired) electrons. The number of nitrogens with one attached hydrogen (secondary N) is 3. The van der Waals surface area contributed by atoms with E-state index in [0.29, 0.717) is 13.2 Å². The molecule has 0 aliphatic heterocycles. The molecule has 50 heavy (non-hydrogen) atoms. The lowest BCUT2D eigenvalue weighted by Crippen LogP contribution is -2.48. The first-order valence-corrected chi connectivity index (χ1v) is 17.7. The van der Waals surface area contributed by atoms with Crippen LogP contribution in [0.3, 0.4) is 0 Å². The molecular formula is C39H46N6O5. The SMILES string of the molecule is O=C(Cn1nc(C(=O)NCc2ccncc2)cc1C(=O)N[C@H]1CCCC[C@@H]1OCc1ccccc1)N[C@H]1CCCC[C@@H]1OCc1ccccc1. The van der Waals surface area contributed by atoms with Crippen LogP contribution in [0.2, 0.25) is 0 Å². The summed E-state index contributed by atoms with van der Waals surface area (Å²) >= 11 is 0. The van der Waals surface area contributed by atoms with E-state index in [9.17, 15) is 14.4 Å². The van der Waals surface area contributed by atoms with Crippen molar-refractivity contribution in [2.24, 2.45) is 0 Å². The highest BCUT2D eigenvalue weighted by Gasteiger charge is 2.31. The molecule has 2 fully saturated rings. The van der Waals surface area contributed by atoms with E-state index in [-0.39, 0.29) is 54.7 Å². The van der Waals surface area contributed by atoms with Gasteiger partial charge < -0.3 is 25.4 Å². The molecule has 4 atom stereocenters. The number of hydrogen-bond donors (Lipinski definition) is 3. The second kappa shape index (κ2) is 17.7. The summed E-state index contributed by atoms with van der Waals surface area (Å²) in [6.45, 7) is 0.969. The second-order valence-corrected chi connectivity index (χ2v) is 13.1. The predicted molar refractivity (Wildman–Crippen MR) is 188 cm³/mol. The summed E-state index contributed by atoms with van der Waals surface area (Å²) in [5.41, 5.74) is 3.22. The Balaban J connectivity index is 1.14. The zero-order chi connectivity index (χ0) is 34.5. The monoisotopic (exact) mass is 678 g/mol. The summed E-state index contributed by atoms with van der Waals surface area (Å²) in [5, 5.41) is 13.6. The molecule has 0 spiro atoms. The van der Waals surface area contributed by atoms with Gasteiger partial charge in [-0.15, -0.1) is 0 Å². The van der Waals surface area contributed by atoms with Crippen molar-refractivity contribution in [2.45, 2.75) is 102 Å². The molecule has 11 nitrogen and oxygen atoms in total. The maximum atomic E-state index is 13.9. The van der Waals surface area contributed by atoms with Crippen LogP contribution < -0.4 is 16.0 Å². The van der Waals surface area contributed by atoms with Crippen LogP contribution in [0.1, 0.15) is 89.0 Å². The van der Waals surface area contributed by atoms with Gasteiger partial charge in [-0.05, 0) is 54.5 Å². The quantitative estimate of drug-likeness (QED) is 0.169. The van der Waals surface area contributed by atoms with Gasteiger partial charge >= 0.3 is 0 Å². The highest BCUT2D eigenvalue weighted by molar-refractivity contribution is 5.98. The van der Waals surface area contributed by atoms with Crippen LogP contribution in [0.25, 0.3) is 0 Å². The number of benzene rings is 2. The van der Waals surface area contributed by atoms with Gasteiger partial charge in [-0.3, -0.25) is 19.4 Å². The Morgan fingerprint density at radius 1 is 0.680 bits per heavy atom. The number of amides is 3. The molecule has 0 bridgehead atoms. The van der Waals surface area contributed by atoms with E-state index in [1.807, 2.05) is 72.8 Å². The molecular weight excluding hydrogens is 632 g/mol. The lowest BCUT2D eigenvalue weighted by atomic mass is 9.92. The van der Waals surface area contributed by atoms with Crippen LogP contribution in [0.4, 0.5) is 0 Å². The van der Waals surface area contributed by atoms with Crippen LogP contribution in [0.5, 0.6) is 0 Å². The van der Waals surface area contributed by atoms with Gasteiger partial charge in [-0.1, -0.05) is 86.3 Å². The molecule has 2 aliphatic carbocycles. The minimum Gasteiger partial charge on any atom is -0.371 e. The summed E-state index contributed by atoms with van der Waals surface area (Å²) in [4.78, 5) is 44.7. The van der Waals surface area contributed by atoms with E-state index in [1.54, 1.807) is 12.4 Å². The Morgan fingerprint density at radius 3 is 1.84 bits per heavy atom. The number of ether oxygens (including phenoxy) is 2. The molecule has 3 amide bonds. The Hall–Kier alpha value is -4.87. The maximum absolute atomic E-state index is 13.9. The first-order valence-electron chi connectivity index (χ1n) is 17.7. The van der Waals surface area contributed by atoms with E-state index in [4.69, 9.17) is 9.47 Å². The molecule has 2 aromatic heterocycles. The third-order valence-corrected chi connectivity index (χ3v) is 9.42. The van der Waals surface area contributed by atoms with Crippen molar-refractivity contribution in [3.63, 3.8) is 0 Å². The number of aromatic nitrogens is 3. The van der Waals surface area contributed by atoms with Crippen molar-refractivity contribution < 1.29 is 23.9 Å². The van der Waals surface area contributed by atoms with Gasteiger partial charge in [0.25, 0.3) is 11.8 Å². The summed E-state index contributed by atoms with van der Waals surface area (Å²) in [6.07, 6.45) is 10.3. The second-order valence-electron chi connectivity index (χ2n) is 13.1. The number of pyridine rings is 1. The van der Waals surface area contributed by atoms with Crippen molar-refractivity contribution in [3.8, 4) is 0 Å². The molecule has 11 heteroatoms. The first-order chi connectivity index (χ1) is 24.5. The van der Waals surface area contributed by atoms with E-state index in [1.165, 1.54) is 10.7 Å². The summed E-state index contributed by atoms with van der Waals surface area (Å²) in [6, 6.07) is 24.7. The van der Waals surface area contributed by atoms with Gasteiger partial charge in [-0.25, -0.2) is 4.68 Å². The minimum atomic E-state index is -0.446. The van der Waals surface area contributed by atoms with Crippen LogP contribution >= 0.6 is 0 Å². The highest BCUT2D eigenvalue weighted by atomic mass is 16.5. The topological polar surface area (TPSA) is 136 Å². The molecule has 6 rings (SSSR count). The molecule has 3 N–H and O–H groups in total. The fraction of sp³-hybridized carbons (Fsp3) is 0.410. The normalized spacial score (nSPS) is 20.5. The average Bonchev–Trinajstić information content (AvgIpc) is 3.58. The Morgan fingerprint density at radius 2 is 1.24 bits per heavy atom. The van der Waals surface area contributed by atoms with Crippen LogP contribution in [0, 0.1) is 0 Å². The van der Waals surface area contributed by atoms with E-state index >= 15 is 0 Å². The lowest BCUT2D eigenvalue weighted by Gasteiger charge is -2.32. The standard InChI is InChI=1S/C39H46N6O5/c46-37(42-31-15-7-9-17-35(31)49-26-29-11-3-1-4-12-29)25-45-34(23-33(44-45)38(47)41-24-28-19-21-40-22-20-28)39(48)43-32-16-8-10-18-36(32)50-27-30-13-5-2-6-14-30/h1-6,11-14,19-23,31-32,35-36H,7-10,15-18,24-27H2,(H,41,47)(H,42,46)(H,43,48)/t31-,32-,35-,36-/m0/s1. The number of nitrogens with zero attached hydrogens (tertiary/aromatic N) is 3. The number of rotatable bonds is 14. The first kappa shape index (κ1) is 35.0. The summed E-state index contributed by atoms with van der Waals surface area (Å²) in [7, 11) is 0. The van der Waals surface area contributed by atoms with Crippen LogP contribution in [-0.4, -0.2) is 56.8 Å². The number of carbonyl (C=O) groups excluding carboxylic acids is 3. The third-order valence-electron chi connectivity index (χ3n) is 9.42. The molecule has 2 heterocycles. The minimum absolute atomic E-state index is 0.0549. The van der Waals surface area contributed by atoms with Gasteiger partial charge in [0, 0.05) is 25.0 Å². The molecule has 2 aliphatic rings. The van der Waals surface area contributed by atoms with E-state index in [0.717, 1.165) is 68.1 Å². The van der Waals surface area contributed by atoms with Gasteiger partial charge in [0.05, 0.1) is 37.5 Å². The Bertz CT molecular complexity index is 1680. The number of hydrogen-bond acceptors (Lipinski definition) is 7. The van der Waals surface area contributed by atoms with Crippen LogP contribution in [0.15, 0.2) is 91.3 Å². The third kappa shape index (κ3) is 9.86.